The zero-order valence-electron chi connectivity index (χ0n) is 9.93. The molecule has 0 saturated heterocycles. The molecule has 2 N–H and O–H groups in total. The Morgan fingerprint density at radius 2 is 1.88 bits per heavy atom. The van der Waals surface area contributed by atoms with Crippen LogP contribution >= 0.6 is 0 Å². The lowest BCUT2D eigenvalue weighted by atomic mass is 9.81. The topological polar surface area (TPSA) is 73.8 Å². The molecule has 17 heavy (non-hydrogen) atoms. The molecule has 1 heterocycles. The molecule has 2 saturated carbocycles. The molecule has 5 nitrogen and oxygen atoms in total. The van der Waals surface area contributed by atoms with Gasteiger partial charge in [-0.15, -0.1) is 5.10 Å². The van der Waals surface area contributed by atoms with Crippen LogP contribution in [0.2, 0.25) is 0 Å². The standard InChI is InChI=1S/C12H18N4O/c13-12(17)10-11(8-4-3-5-8)16(15-14-10)9-6-1-2-7-9/h8-9H,1-7H2,(H2,13,17). The van der Waals surface area contributed by atoms with E-state index in [9.17, 15) is 4.79 Å². The number of nitrogens with two attached hydrogens (primary N) is 1. The number of primary amides is 1. The van der Waals surface area contributed by atoms with Crippen LogP contribution < -0.4 is 5.73 Å². The predicted molar refractivity (Wildman–Crippen MR) is 62.6 cm³/mol. The van der Waals surface area contributed by atoms with Crippen LogP contribution in [-0.2, 0) is 0 Å². The lowest BCUT2D eigenvalue weighted by Crippen LogP contribution is -2.22. The van der Waals surface area contributed by atoms with E-state index in [4.69, 9.17) is 5.73 Å². The number of rotatable bonds is 3. The van der Waals surface area contributed by atoms with E-state index in [0.29, 0.717) is 17.7 Å². The van der Waals surface area contributed by atoms with Crippen molar-refractivity contribution in [3.05, 3.63) is 11.4 Å². The van der Waals surface area contributed by atoms with E-state index in [-0.39, 0.29) is 0 Å². The average Bonchev–Trinajstić information content (AvgIpc) is 2.80. The fraction of sp³-hybridized carbons (Fsp3) is 0.750. The number of aromatic nitrogens is 3. The van der Waals surface area contributed by atoms with Gasteiger partial charge in [0, 0.05) is 5.92 Å². The highest BCUT2D eigenvalue weighted by Crippen LogP contribution is 2.40. The minimum Gasteiger partial charge on any atom is -0.364 e. The quantitative estimate of drug-likeness (QED) is 0.866. The zero-order valence-corrected chi connectivity index (χ0v) is 9.93. The van der Waals surface area contributed by atoms with Crippen LogP contribution in [0.1, 0.15) is 73.1 Å². The number of hydrogen-bond acceptors (Lipinski definition) is 3. The summed E-state index contributed by atoms with van der Waals surface area (Å²) in [6.45, 7) is 0. The molecule has 0 unspecified atom stereocenters. The van der Waals surface area contributed by atoms with Crippen molar-refractivity contribution < 1.29 is 4.79 Å². The number of hydrogen-bond donors (Lipinski definition) is 1. The first-order chi connectivity index (χ1) is 8.27. The molecule has 0 radical (unpaired) electrons. The lowest BCUT2D eigenvalue weighted by Gasteiger charge is -2.27. The van der Waals surface area contributed by atoms with Crippen LogP contribution in [0.3, 0.4) is 0 Å². The van der Waals surface area contributed by atoms with Crippen LogP contribution in [0, 0.1) is 0 Å². The van der Waals surface area contributed by atoms with Crippen molar-refractivity contribution in [3.63, 3.8) is 0 Å². The summed E-state index contributed by atoms with van der Waals surface area (Å²) in [5, 5.41) is 8.19. The maximum Gasteiger partial charge on any atom is 0.271 e. The lowest BCUT2D eigenvalue weighted by molar-refractivity contribution is 0.0993. The van der Waals surface area contributed by atoms with E-state index in [2.05, 4.69) is 10.3 Å². The molecular formula is C12H18N4O. The van der Waals surface area contributed by atoms with Crippen LogP contribution in [-0.4, -0.2) is 20.9 Å². The molecule has 92 valence electrons. The summed E-state index contributed by atoms with van der Waals surface area (Å²) in [7, 11) is 0. The molecule has 0 atom stereocenters. The smallest absolute Gasteiger partial charge is 0.271 e. The minimum absolute atomic E-state index is 0.404. The third-order valence-corrected chi connectivity index (χ3v) is 4.13. The molecule has 2 aliphatic carbocycles. The molecular weight excluding hydrogens is 216 g/mol. The minimum atomic E-state index is -0.434. The maximum absolute atomic E-state index is 11.4. The summed E-state index contributed by atoms with van der Waals surface area (Å²) in [6.07, 6.45) is 8.32. The Balaban J connectivity index is 1.98. The van der Waals surface area contributed by atoms with Crippen molar-refractivity contribution in [1.82, 2.24) is 15.0 Å². The van der Waals surface area contributed by atoms with Gasteiger partial charge in [0.15, 0.2) is 5.69 Å². The van der Waals surface area contributed by atoms with Crippen molar-refractivity contribution in [2.45, 2.75) is 56.9 Å². The Bertz CT molecular complexity index is 430. The van der Waals surface area contributed by atoms with E-state index in [1.165, 1.54) is 19.3 Å². The molecule has 2 fully saturated rings. The summed E-state index contributed by atoms with van der Waals surface area (Å²) < 4.78 is 2.00. The summed E-state index contributed by atoms with van der Waals surface area (Å²) in [5.74, 6) is 0.0178. The first-order valence-electron chi connectivity index (χ1n) is 6.52. The van der Waals surface area contributed by atoms with E-state index in [0.717, 1.165) is 31.4 Å². The van der Waals surface area contributed by atoms with Crippen LogP contribution in [0.25, 0.3) is 0 Å². The van der Waals surface area contributed by atoms with Crippen molar-refractivity contribution in [2.24, 2.45) is 5.73 Å². The average molecular weight is 234 g/mol. The van der Waals surface area contributed by atoms with Gasteiger partial charge in [-0.2, -0.15) is 0 Å². The summed E-state index contributed by atoms with van der Waals surface area (Å²) in [5.41, 5.74) is 6.80. The van der Waals surface area contributed by atoms with Gasteiger partial charge in [-0.1, -0.05) is 24.5 Å². The van der Waals surface area contributed by atoms with Gasteiger partial charge in [0.05, 0.1) is 11.7 Å². The third kappa shape index (κ3) is 1.73. The Labute approximate surface area is 100 Å². The van der Waals surface area contributed by atoms with Crippen molar-refractivity contribution in [3.8, 4) is 0 Å². The molecule has 0 aliphatic heterocycles. The van der Waals surface area contributed by atoms with Gasteiger partial charge in [-0.3, -0.25) is 4.79 Å². The Morgan fingerprint density at radius 3 is 2.41 bits per heavy atom. The number of carbonyl (C=O) groups is 1. The van der Waals surface area contributed by atoms with Gasteiger partial charge in [0.25, 0.3) is 5.91 Å². The molecule has 3 rings (SSSR count). The Hall–Kier alpha value is -1.39. The third-order valence-electron chi connectivity index (χ3n) is 4.13. The van der Waals surface area contributed by atoms with E-state index >= 15 is 0 Å². The number of carbonyl (C=O) groups excluding carboxylic acids is 1. The zero-order chi connectivity index (χ0) is 11.8. The van der Waals surface area contributed by atoms with Crippen molar-refractivity contribution in [1.29, 1.82) is 0 Å². The van der Waals surface area contributed by atoms with E-state index in [1.54, 1.807) is 0 Å². The highest BCUT2D eigenvalue weighted by molar-refractivity contribution is 5.92. The van der Waals surface area contributed by atoms with Gasteiger partial charge in [0.1, 0.15) is 0 Å². The normalized spacial score (nSPS) is 21.6. The Morgan fingerprint density at radius 1 is 1.18 bits per heavy atom. The molecule has 1 amide bonds. The Kier molecular flexibility index (Phi) is 2.61. The molecule has 1 aromatic heterocycles. The van der Waals surface area contributed by atoms with Gasteiger partial charge in [0.2, 0.25) is 0 Å². The van der Waals surface area contributed by atoms with Crippen LogP contribution in [0.4, 0.5) is 0 Å². The second-order valence-electron chi connectivity index (χ2n) is 5.20. The first-order valence-corrected chi connectivity index (χ1v) is 6.52. The molecule has 2 aliphatic rings. The highest BCUT2D eigenvalue weighted by atomic mass is 16.1. The van der Waals surface area contributed by atoms with Crippen molar-refractivity contribution >= 4 is 5.91 Å². The van der Waals surface area contributed by atoms with Crippen LogP contribution in [0.15, 0.2) is 0 Å². The fourth-order valence-corrected chi connectivity index (χ4v) is 2.96. The predicted octanol–water partition coefficient (Wildman–Crippen LogP) is 1.76. The summed E-state index contributed by atoms with van der Waals surface area (Å²) in [4.78, 5) is 11.4. The van der Waals surface area contributed by atoms with E-state index < -0.39 is 5.91 Å². The molecule has 1 aromatic rings. The molecule has 0 spiro atoms. The van der Waals surface area contributed by atoms with Crippen LogP contribution in [0.5, 0.6) is 0 Å². The van der Waals surface area contributed by atoms with Gasteiger partial charge in [-0.25, -0.2) is 4.68 Å². The number of nitrogens with zero attached hydrogens (tertiary/aromatic N) is 3. The highest BCUT2D eigenvalue weighted by Gasteiger charge is 2.32. The fourth-order valence-electron chi connectivity index (χ4n) is 2.96. The van der Waals surface area contributed by atoms with Gasteiger partial charge >= 0.3 is 0 Å². The summed E-state index contributed by atoms with van der Waals surface area (Å²) >= 11 is 0. The van der Waals surface area contributed by atoms with E-state index in [1.807, 2.05) is 4.68 Å². The monoisotopic (exact) mass is 234 g/mol. The molecule has 5 heteroatoms. The summed E-state index contributed by atoms with van der Waals surface area (Å²) in [6, 6.07) is 0.436. The van der Waals surface area contributed by atoms with Gasteiger partial charge in [-0.05, 0) is 25.7 Å². The SMILES string of the molecule is NC(=O)c1nnn(C2CCCC2)c1C1CCC1. The molecule has 0 aromatic carbocycles. The maximum atomic E-state index is 11.4. The first kappa shape index (κ1) is 10.7. The largest absolute Gasteiger partial charge is 0.364 e. The molecule has 0 bridgehead atoms. The second kappa shape index (κ2) is 4.13. The van der Waals surface area contributed by atoms with Crippen molar-refractivity contribution in [2.75, 3.05) is 0 Å². The second-order valence-corrected chi connectivity index (χ2v) is 5.20. The van der Waals surface area contributed by atoms with Gasteiger partial charge < -0.3 is 5.73 Å². The number of amides is 1.